The maximum atomic E-state index is 6.67. The number of halogens is 1. The Morgan fingerprint density at radius 3 is 2.45 bits per heavy atom. The van der Waals surface area contributed by atoms with Gasteiger partial charge in [-0.1, -0.05) is 54.8 Å². The molecular weight excluding hydrogens is 270 g/mol. The normalized spacial score (nSPS) is 19.1. The Bertz CT molecular complexity index is 566. The lowest BCUT2D eigenvalue weighted by Crippen LogP contribution is -2.37. The average Bonchev–Trinajstić information content (AvgIpc) is 3.08. The van der Waals surface area contributed by atoms with E-state index >= 15 is 0 Å². The van der Waals surface area contributed by atoms with Crippen molar-refractivity contribution in [1.29, 1.82) is 0 Å². The van der Waals surface area contributed by atoms with E-state index in [1.165, 1.54) is 18.4 Å². The van der Waals surface area contributed by atoms with Crippen LogP contribution in [0.2, 0.25) is 5.02 Å². The highest BCUT2D eigenvalue weighted by Crippen LogP contribution is 2.49. The number of aromatic nitrogens is 2. The molecule has 0 radical (unpaired) electrons. The predicted molar refractivity (Wildman–Crippen MR) is 81.7 cm³/mol. The maximum absolute atomic E-state index is 6.67. The minimum Gasteiger partial charge on any atom is -0.322 e. The van der Waals surface area contributed by atoms with Crippen LogP contribution >= 0.6 is 11.6 Å². The first kappa shape index (κ1) is 13.7. The highest BCUT2D eigenvalue weighted by atomic mass is 35.5. The molecular formula is C16H20ClN3. The van der Waals surface area contributed by atoms with E-state index in [9.17, 15) is 0 Å². The van der Waals surface area contributed by atoms with Crippen molar-refractivity contribution in [2.45, 2.75) is 37.1 Å². The molecule has 2 aromatic rings. The van der Waals surface area contributed by atoms with Gasteiger partial charge >= 0.3 is 0 Å². The zero-order chi connectivity index (χ0) is 14.2. The number of hydrogen-bond acceptors (Lipinski definition) is 2. The predicted octanol–water partition coefficient (Wildman–Crippen LogP) is 3.59. The molecule has 1 aliphatic rings. The van der Waals surface area contributed by atoms with Crippen LogP contribution in [0.15, 0.2) is 36.5 Å². The summed E-state index contributed by atoms with van der Waals surface area (Å²) in [7, 11) is 1.91. The summed E-state index contributed by atoms with van der Waals surface area (Å²) in [5.41, 5.74) is 8.92. The summed E-state index contributed by atoms with van der Waals surface area (Å²) in [4.78, 5) is 0. The van der Waals surface area contributed by atoms with Crippen molar-refractivity contribution >= 4 is 11.6 Å². The van der Waals surface area contributed by atoms with Gasteiger partial charge in [0.1, 0.15) is 0 Å². The topological polar surface area (TPSA) is 43.8 Å². The first-order valence-corrected chi connectivity index (χ1v) is 7.51. The number of rotatable bonds is 3. The third-order valence-electron chi connectivity index (χ3n) is 4.67. The van der Waals surface area contributed by atoms with Crippen molar-refractivity contribution in [3.63, 3.8) is 0 Å². The van der Waals surface area contributed by atoms with E-state index < -0.39 is 0 Å². The van der Waals surface area contributed by atoms with Crippen molar-refractivity contribution < 1.29 is 0 Å². The zero-order valence-electron chi connectivity index (χ0n) is 11.7. The fourth-order valence-electron chi connectivity index (χ4n) is 3.59. The van der Waals surface area contributed by atoms with Crippen LogP contribution in [-0.2, 0) is 12.5 Å². The number of hydrogen-bond donors (Lipinski definition) is 1. The Labute approximate surface area is 124 Å². The van der Waals surface area contributed by atoms with Crippen molar-refractivity contribution in [3.05, 3.63) is 52.8 Å². The molecule has 4 heteroatoms. The van der Waals surface area contributed by atoms with Crippen LogP contribution < -0.4 is 5.73 Å². The van der Waals surface area contributed by atoms with Gasteiger partial charge in [0.25, 0.3) is 0 Å². The number of aryl methyl sites for hydroxylation is 1. The summed E-state index contributed by atoms with van der Waals surface area (Å²) in [6.45, 7) is 0. The molecule has 1 unspecified atom stereocenters. The largest absolute Gasteiger partial charge is 0.322 e. The van der Waals surface area contributed by atoms with Crippen LogP contribution in [0.4, 0.5) is 0 Å². The third kappa shape index (κ3) is 2.05. The Balaban J connectivity index is 2.08. The summed E-state index contributed by atoms with van der Waals surface area (Å²) >= 11 is 6.30. The quantitative estimate of drug-likeness (QED) is 0.938. The lowest BCUT2D eigenvalue weighted by molar-refractivity contribution is 0.342. The van der Waals surface area contributed by atoms with Gasteiger partial charge in [0.05, 0.1) is 23.0 Å². The molecule has 0 saturated heterocycles. The molecule has 1 saturated carbocycles. The Morgan fingerprint density at radius 2 is 1.90 bits per heavy atom. The number of nitrogens with zero attached hydrogens (tertiary/aromatic N) is 2. The third-order valence-corrected chi connectivity index (χ3v) is 4.96. The van der Waals surface area contributed by atoms with E-state index in [0.29, 0.717) is 5.02 Å². The summed E-state index contributed by atoms with van der Waals surface area (Å²) in [6, 6.07) is 10.5. The summed E-state index contributed by atoms with van der Waals surface area (Å²) < 4.78 is 1.82. The van der Waals surface area contributed by atoms with Gasteiger partial charge in [-0.25, -0.2) is 0 Å². The fourth-order valence-corrected chi connectivity index (χ4v) is 3.87. The van der Waals surface area contributed by atoms with Crippen LogP contribution in [0.1, 0.15) is 43.0 Å². The Morgan fingerprint density at radius 1 is 1.25 bits per heavy atom. The molecule has 1 heterocycles. The monoisotopic (exact) mass is 289 g/mol. The van der Waals surface area contributed by atoms with Gasteiger partial charge in [-0.3, -0.25) is 4.68 Å². The Kier molecular flexibility index (Phi) is 3.57. The van der Waals surface area contributed by atoms with E-state index in [0.717, 1.165) is 18.5 Å². The standard InChI is InChI=1S/C16H20ClN3/c1-20-14(13(17)11-19-20)15(18)16(9-5-6-10-16)12-7-3-2-4-8-12/h2-4,7-8,11,15H,5-6,9-10,18H2,1H3. The first-order chi connectivity index (χ1) is 9.65. The fraction of sp³-hybridized carbons (Fsp3) is 0.438. The summed E-state index contributed by atoms with van der Waals surface area (Å²) in [5.74, 6) is 0. The van der Waals surface area contributed by atoms with Crippen molar-refractivity contribution in [3.8, 4) is 0 Å². The first-order valence-electron chi connectivity index (χ1n) is 7.14. The smallest absolute Gasteiger partial charge is 0.0834 e. The molecule has 2 N–H and O–H groups in total. The van der Waals surface area contributed by atoms with Gasteiger partial charge in [0.15, 0.2) is 0 Å². The van der Waals surface area contributed by atoms with Crippen LogP contribution in [0.5, 0.6) is 0 Å². The van der Waals surface area contributed by atoms with Gasteiger partial charge in [-0.15, -0.1) is 0 Å². The van der Waals surface area contributed by atoms with E-state index in [1.807, 2.05) is 11.7 Å². The van der Waals surface area contributed by atoms with Crippen molar-refractivity contribution in [2.24, 2.45) is 12.8 Å². The van der Waals surface area contributed by atoms with Crippen LogP contribution in [-0.4, -0.2) is 9.78 Å². The lowest BCUT2D eigenvalue weighted by Gasteiger charge is -2.36. The second-order valence-corrected chi connectivity index (χ2v) is 6.12. The van der Waals surface area contributed by atoms with Gasteiger partial charge in [-0.2, -0.15) is 5.10 Å². The summed E-state index contributed by atoms with van der Waals surface area (Å²) in [5, 5.41) is 4.91. The SMILES string of the molecule is Cn1ncc(Cl)c1C(N)C1(c2ccccc2)CCCC1. The molecule has 106 valence electrons. The van der Waals surface area contributed by atoms with E-state index in [2.05, 4.69) is 35.4 Å². The average molecular weight is 290 g/mol. The molecule has 20 heavy (non-hydrogen) atoms. The van der Waals surface area contributed by atoms with Gasteiger partial charge < -0.3 is 5.73 Å². The number of nitrogens with two attached hydrogens (primary N) is 1. The van der Waals surface area contributed by atoms with Gasteiger partial charge in [0.2, 0.25) is 0 Å². The van der Waals surface area contributed by atoms with Crippen LogP contribution in [0.25, 0.3) is 0 Å². The number of benzene rings is 1. The molecule has 1 aromatic heterocycles. The lowest BCUT2D eigenvalue weighted by atomic mass is 9.72. The molecule has 1 atom stereocenters. The zero-order valence-corrected chi connectivity index (χ0v) is 12.5. The summed E-state index contributed by atoms with van der Waals surface area (Å²) in [6.07, 6.45) is 6.35. The second kappa shape index (κ2) is 5.23. The minimum absolute atomic E-state index is 0.0152. The highest BCUT2D eigenvalue weighted by Gasteiger charge is 2.43. The Hall–Kier alpha value is -1.32. The molecule has 1 aliphatic carbocycles. The molecule has 0 spiro atoms. The van der Waals surface area contributed by atoms with Crippen LogP contribution in [0, 0.1) is 0 Å². The van der Waals surface area contributed by atoms with E-state index in [4.69, 9.17) is 17.3 Å². The van der Waals surface area contributed by atoms with E-state index in [-0.39, 0.29) is 11.5 Å². The van der Waals surface area contributed by atoms with Gasteiger partial charge in [-0.05, 0) is 18.4 Å². The van der Waals surface area contributed by atoms with Crippen molar-refractivity contribution in [2.75, 3.05) is 0 Å². The molecule has 0 amide bonds. The molecule has 0 bridgehead atoms. The maximum Gasteiger partial charge on any atom is 0.0834 e. The molecule has 1 fully saturated rings. The molecule has 0 aliphatic heterocycles. The minimum atomic E-state index is -0.118. The highest BCUT2D eigenvalue weighted by molar-refractivity contribution is 6.31. The second-order valence-electron chi connectivity index (χ2n) is 5.71. The molecule has 3 rings (SSSR count). The molecule has 3 nitrogen and oxygen atoms in total. The molecule has 1 aromatic carbocycles. The van der Waals surface area contributed by atoms with Crippen molar-refractivity contribution in [1.82, 2.24) is 9.78 Å². The van der Waals surface area contributed by atoms with Crippen LogP contribution in [0.3, 0.4) is 0 Å². The van der Waals surface area contributed by atoms with E-state index in [1.54, 1.807) is 6.20 Å². The van der Waals surface area contributed by atoms with Gasteiger partial charge in [0, 0.05) is 12.5 Å².